The lowest BCUT2D eigenvalue weighted by molar-refractivity contribution is 0.467. The maximum Gasteiger partial charge on any atom is 0.331 e. The predicted molar refractivity (Wildman–Crippen MR) is 82.6 cm³/mol. The Bertz CT molecular complexity index is 981. The van der Waals surface area contributed by atoms with Crippen molar-refractivity contribution in [3.05, 3.63) is 49.7 Å². The molecule has 0 aliphatic heterocycles. The molecule has 3 rings (SSSR count). The zero-order chi connectivity index (χ0) is 16.2. The quantitative estimate of drug-likeness (QED) is 0.321. The summed E-state index contributed by atoms with van der Waals surface area (Å²) in [6.45, 7) is 0. The van der Waals surface area contributed by atoms with Crippen LogP contribution in [0.5, 0.6) is 5.75 Å². The Morgan fingerprint density at radius 2 is 1.91 bits per heavy atom. The number of anilines is 1. The van der Waals surface area contributed by atoms with E-state index in [1.807, 2.05) is 22.6 Å². The summed E-state index contributed by atoms with van der Waals surface area (Å²) < 4.78 is 42.8. The number of rotatable bonds is 1. The molecule has 0 saturated carbocycles. The number of hydrogen-bond donors (Lipinski definition) is 3. The highest BCUT2D eigenvalue weighted by Crippen LogP contribution is 2.35. The van der Waals surface area contributed by atoms with E-state index in [0.29, 0.717) is 8.14 Å². The van der Waals surface area contributed by atoms with Crippen LogP contribution in [0.25, 0.3) is 16.7 Å². The number of aromatic hydroxyl groups is 1. The minimum Gasteiger partial charge on any atom is -0.504 e. The number of aromatic amines is 1. The Hall–Kier alpha value is -2.17. The van der Waals surface area contributed by atoms with Crippen LogP contribution in [-0.4, -0.2) is 14.7 Å². The van der Waals surface area contributed by atoms with Crippen LogP contribution in [0.1, 0.15) is 0 Å². The monoisotopic (exact) mass is 421 g/mol. The van der Waals surface area contributed by atoms with E-state index in [1.54, 1.807) is 0 Å². The Morgan fingerprint density at radius 3 is 2.55 bits per heavy atom. The first-order chi connectivity index (χ1) is 10.3. The number of H-pyrrole nitrogens is 1. The van der Waals surface area contributed by atoms with Crippen molar-refractivity contribution >= 4 is 39.3 Å². The summed E-state index contributed by atoms with van der Waals surface area (Å²) in [5, 5.41) is 9.93. The lowest BCUT2D eigenvalue weighted by Crippen LogP contribution is -2.16. The van der Waals surface area contributed by atoms with Crippen molar-refractivity contribution in [1.82, 2.24) is 9.55 Å². The van der Waals surface area contributed by atoms with Crippen molar-refractivity contribution in [3.63, 3.8) is 0 Å². The fourth-order valence-corrected chi connectivity index (χ4v) is 2.62. The molecule has 0 fully saturated rings. The van der Waals surface area contributed by atoms with Gasteiger partial charge in [0.25, 0.3) is 0 Å². The first kappa shape index (κ1) is 14.8. The van der Waals surface area contributed by atoms with Gasteiger partial charge in [0, 0.05) is 3.57 Å². The molecular weight excluding hydrogens is 414 g/mol. The second kappa shape index (κ2) is 4.93. The highest BCUT2D eigenvalue weighted by atomic mass is 127. The number of nitrogen functional groups attached to an aromatic ring is 1. The number of aromatic nitrogens is 2. The maximum absolute atomic E-state index is 14.1. The summed E-state index contributed by atoms with van der Waals surface area (Å²) in [5.41, 5.74) is 2.24. The van der Waals surface area contributed by atoms with Crippen LogP contribution in [0.3, 0.4) is 0 Å². The van der Waals surface area contributed by atoms with E-state index < -0.39 is 45.6 Å². The van der Waals surface area contributed by atoms with E-state index in [-0.39, 0.29) is 5.69 Å². The smallest absolute Gasteiger partial charge is 0.331 e. The van der Waals surface area contributed by atoms with Crippen molar-refractivity contribution in [2.75, 3.05) is 5.73 Å². The van der Waals surface area contributed by atoms with Crippen molar-refractivity contribution in [2.24, 2.45) is 0 Å². The molecule has 22 heavy (non-hydrogen) atoms. The topological polar surface area (TPSA) is 84.0 Å². The van der Waals surface area contributed by atoms with Crippen molar-refractivity contribution < 1.29 is 18.3 Å². The average Bonchev–Trinajstić information content (AvgIpc) is 2.81. The third-order valence-electron chi connectivity index (χ3n) is 3.17. The van der Waals surface area contributed by atoms with Gasteiger partial charge in [0.1, 0.15) is 22.5 Å². The molecule has 1 aromatic heterocycles. The number of nitrogens with one attached hydrogen (secondary N) is 1. The fraction of sp³-hybridized carbons (Fsp3) is 0. The van der Waals surface area contributed by atoms with Crippen molar-refractivity contribution in [3.8, 4) is 11.4 Å². The van der Waals surface area contributed by atoms with Crippen LogP contribution in [0.4, 0.5) is 18.9 Å². The number of nitrogens with zero attached hydrogens (tertiary/aromatic N) is 1. The molecule has 0 unspecified atom stereocenters. The molecule has 1 heterocycles. The molecule has 0 bridgehead atoms. The zero-order valence-corrected chi connectivity index (χ0v) is 12.8. The standard InChI is InChI=1S/C13H7F3IN3O2/c14-5-3-4(17)1-2-6(5)20-11-10(19-13(20)22)8(16)7(15)9(18)12(11)21/h1-3,21H,18H2,(H,19,22). The molecule has 0 aliphatic carbocycles. The number of benzene rings is 2. The van der Waals surface area contributed by atoms with Crippen molar-refractivity contribution in [2.45, 2.75) is 0 Å². The van der Waals surface area contributed by atoms with Crippen molar-refractivity contribution in [1.29, 1.82) is 0 Å². The van der Waals surface area contributed by atoms with Crippen LogP contribution in [0.2, 0.25) is 0 Å². The summed E-state index contributed by atoms with van der Waals surface area (Å²) in [5.74, 6) is -4.52. The van der Waals surface area contributed by atoms with Crippen LogP contribution in [0.15, 0.2) is 23.0 Å². The predicted octanol–water partition coefficient (Wildman–Crippen LogP) is 2.63. The fourth-order valence-electron chi connectivity index (χ4n) is 2.17. The lowest BCUT2D eigenvalue weighted by Gasteiger charge is -2.09. The molecular formula is C13H7F3IN3O2. The molecule has 9 heteroatoms. The molecule has 0 saturated heterocycles. The largest absolute Gasteiger partial charge is 0.504 e. The van der Waals surface area contributed by atoms with Gasteiger partial charge in [-0.05, 0) is 40.8 Å². The number of phenolic OH excluding ortho intramolecular Hbond substituents is 1. The number of hydrogen-bond acceptors (Lipinski definition) is 3. The van der Waals surface area contributed by atoms with Gasteiger partial charge in [0.15, 0.2) is 17.4 Å². The normalized spacial score (nSPS) is 11.3. The van der Waals surface area contributed by atoms with E-state index in [1.165, 1.54) is 12.1 Å². The van der Waals surface area contributed by atoms with Gasteiger partial charge in [-0.3, -0.25) is 4.57 Å². The van der Waals surface area contributed by atoms with E-state index in [0.717, 1.165) is 6.07 Å². The zero-order valence-electron chi connectivity index (χ0n) is 10.6. The first-order valence-corrected chi connectivity index (χ1v) is 6.96. The van der Waals surface area contributed by atoms with Gasteiger partial charge in [0.05, 0.1) is 5.69 Å². The highest BCUT2D eigenvalue weighted by Gasteiger charge is 2.24. The van der Waals surface area contributed by atoms with Gasteiger partial charge in [-0.1, -0.05) is 0 Å². The Balaban J connectivity index is 2.50. The minimum absolute atomic E-state index is 0.225. The summed E-state index contributed by atoms with van der Waals surface area (Å²) in [7, 11) is 0. The second-order valence-electron chi connectivity index (χ2n) is 4.48. The van der Waals surface area contributed by atoms with Crippen LogP contribution < -0.4 is 11.4 Å². The lowest BCUT2D eigenvalue weighted by atomic mass is 10.2. The summed E-state index contributed by atoms with van der Waals surface area (Å²) in [6.07, 6.45) is 0. The SMILES string of the molecule is Nc1c(F)c(F)c2[nH]c(=O)n(-c3ccc(I)cc3F)c2c1O. The molecule has 0 atom stereocenters. The number of fused-ring (bicyclic) bond motifs is 1. The molecule has 0 aliphatic rings. The minimum atomic E-state index is -1.48. The van der Waals surface area contributed by atoms with Crippen LogP contribution in [0, 0.1) is 21.0 Å². The summed E-state index contributed by atoms with van der Waals surface area (Å²) in [6, 6.07) is 3.95. The van der Waals surface area contributed by atoms with Gasteiger partial charge < -0.3 is 15.8 Å². The van der Waals surface area contributed by atoms with Crippen LogP contribution >= 0.6 is 22.6 Å². The molecule has 0 spiro atoms. The summed E-state index contributed by atoms with van der Waals surface area (Å²) in [4.78, 5) is 14.1. The second-order valence-corrected chi connectivity index (χ2v) is 5.72. The summed E-state index contributed by atoms with van der Waals surface area (Å²) >= 11 is 1.87. The molecule has 2 aromatic carbocycles. The number of phenols is 1. The number of nitrogens with two attached hydrogens (primary N) is 1. The Morgan fingerprint density at radius 1 is 1.23 bits per heavy atom. The van der Waals surface area contributed by atoms with E-state index in [4.69, 9.17) is 5.73 Å². The average molecular weight is 421 g/mol. The van der Waals surface area contributed by atoms with E-state index in [2.05, 4.69) is 4.98 Å². The molecule has 0 radical (unpaired) electrons. The number of imidazole rings is 1. The van der Waals surface area contributed by atoms with Crippen LogP contribution in [-0.2, 0) is 0 Å². The molecule has 3 aromatic rings. The molecule has 114 valence electrons. The third-order valence-corrected chi connectivity index (χ3v) is 3.85. The first-order valence-electron chi connectivity index (χ1n) is 5.88. The van der Waals surface area contributed by atoms with Gasteiger partial charge in [-0.15, -0.1) is 0 Å². The van der Waals surface area contributed by atoms with Gasteiger partial charge in [-0.25, -0.2) is 18.0 Å². The molecule has 0 amide bonds. The van der Waals surface area contributed by atoms with Gasteiger partial charge in [0.2, 0.25) is 0 Å². The van der Waals surface area contributed by atoms with E-state index >= 15 is 0 Å². The highest BCUT2D eigenvalue weighted by molar-refractivity contribution is 14.1. The maximum atomic E-state index is 14.1. The van der Waals surface area contributed by atoms with E-state index in [9.17, 15) is 23.1 Å². The number of halogens is 4. The van der Waals surface area contributed by atoms with Gasteiger partial charge >= 0.3 is 5.69 Å². The third kappa shape index (κ3) is 1.95. The Kier molecular flexibility index (Phi) is 3.31. The van der Waals surface area contributed by atoms with Gasteiger partial charge in [-0.2, -0.15) is 0 Å². The Labute approximate surface area is 134 Å². The molecule has 4 N–H and O–H groups in total. The molecule has 5 nitrogen and oxygen atoms in total.